The summed E-state index contributed by atoms with van der Waals surface area (Å²) in [4.78, 5) is 2.57. The van der Waals surface area contributed by atoms with E-state index in [1.54, 1.807) is 15.2 Å². The van der Waals surface area contributed by atoms with Crippen molar-refractivity contribution < 1.29 is 13.5 Å². The maximum atomic E-state index is 12.5. The zero-order chi connectivity index (χ0) is 16.0. The zero-order valence-corrected chi connectivity index (χ0v) is 14.0. The van der Waals surface area contributed by atoms with Crippen LogP contribution in [-0.2, 0) is 16.6 Å². The van der Waals surface area contributed by atoms with E-state index in [9.17, 15) is 8.42 Å². The Kier molecular flexibility index (Phi) is 6.37. The maximum absolute atomic E-state index is 12.5. The molecule has 0 saturated carbocycles. The van der Waals surface area contributed by atoms with Gasteiger partial charge >= 0.3 is 0 Å². The second-order valence-corrected chi connectivity index (χ2v) is 7.50. The molecular formula is C14H26N4O3S. The molecule has 0 aliphatic carbocycles. The molecule has 22 heavy (non-hydrogen) atoms. The van der Waals surface area contributed by atoms with Crippen LogP contribution in [0.15, 0.2) is 17.3 Å². The number of piperazine rings is 1. The van der Waals surface area contributed by atoms with Crippen molar-refractivity contribution in [2.24, 2.45) is 0 Å². The summed E-state index contributed by atoms with van der Waals surface area (Å²) < 4.78 is 28.3. The van der Waals surface area contributed by atoms with Crippen molar-refractivity contribution in [1.29, 1.82) is 0 Å². The van der Waals surface area contributed by atoms with Gasteiger partial charge in [0.25, 0.3) is 0 Å². The fraction of sp³-hybridized carbons (Fsp3) is 0.786. The molecule has 1 saturated heterocycles. The molecule has 1 N–H and O–H groups in total. The van der Waals surface area contributed by atoms with Gasteiger partial charge in [-0.05, 0) is 32.7 Å². The zero-order valence-electron chi connectivity index (χ0n) is 13.2. The molecule has 1 aliphatic heterocycles. The van der Waals surface area contributed by atoms with E-state index in [0.717, 1.165) is 38.9 Å². The summed E-state index contributed by atoms with van der Waals surface area (Å²) in [5.74, 6) is 0. The Labute approximate surface area is 132 Å². The van der Waals surface area contributed by atoms with Gasteiger partial charge in [-0.2, -0.15) is 9.40 Å². The molecule has 1 fully saturated rings. The molecule has 0 spiro atoms. The first-order chi connectivity index (χ1) is 10.6. The van der Waals surface area contributed by atoms with Crippen molar-refractivity contribution >= 4 is 10.0 Å². The molecule has 1 aliphatic rings. The molecule has 7 nitrogen and oxygen atoms in total. The number of hydrogen-bond acceptors (Lipinski definition) is 5. The molecule has 0 radical (unpaired) electrons. The molecular weight excluding hydrogens is 304 g/mol. The van der Waals surface area contributed by atoms with Gasteiger partial charge in [-0.25, -0.2) is 8.42 Å². The topological polar surface area (TPSA) is 78.7 Å². The van der Waals surface area contributed by atoms with Gasteiger partial charge in [0.1, 0.15) is 4.90 Å². The summed E-state index contributed by atoms with van der Waals surface area (Å²) >= 11 is 0. The molecule has 8 heteroatoms. The van der Waals surface area contributed by atoms with Crippen LogP contribution in [0.25, 0.3) is 0 Å². The SMILES string of the molecule is CCn1cc(S(=O)(=O)N2CCN(CCCCCO)CC2)cn1. The summed E-state index contributed by atoms with van der Waals surface area (Å²) in [6.07, 6.45) is 5.94. The molecule has 0 unspecified atom stereocenters. The standard InChI is InChI=1S/C14H26N4O3S/c1-2-17-13-14(12-15-17)22(20,21)18-9-7-16(8-10-18)6-4-3-5-11-19/h12-13,19H,2-11H2,1H3. The molecule has 0 amide bonds. The third kappa shape index (κ3) is 4.28. The van der Waals surface area contributed by atoms with Gasteiger partial charge in [-0.15, -0.1) is 0 Å². The minimum absolute atomic E-state index is 0.247. The van der Waals surface area contributed by atoms with Gasteiger partial charge in [-0.1, -0.05) is 0 Å². The van der Waals surface area contributed by atoms with Crippen molar-refractivity contribution in [2.45, 2.75) is 37.6 Å². The van der Waals surface area contributed by atoms with E-state index in [1.165, 1.54) is 6.20 Å². The highest BCUT2D eigenvalue weighted by Crippen LogP contribution is 2.17. The van der Waals surface area contributed by atoms with E-state index in [4.69, 9.17) is 5.11 Å². The Morgan fingerprint density at radius 3 is 2.50 bits per heavy atom. The number of aliphatic hydroxyl groups excluding tert-OH is 1. The Bertz CT molecular complexity index is 550. The average Bonchev–Trinajstić information content (AvgIpc) is 3.02. The lowest BCUT2D eigenvalue weighted by Crippen LogP contribution is -2.48. The summed E-state index contributed by atoms with van der Waals surface area (Å²) in [5, 5.41) is 12.8. The number of aliphatic hydroxyl groups is 1. The first-order valence-electron chi connectivity index (χ1n) is 7.93. The van der Waals surface area contributed by atoms with Crippen LogP contribution in [0, 0.1) is 0 Å². The monoisotopic (exact) mass is 330 g/mol. The average molecular weight is 330 g/mol. The molecule has 0 aromatic carbocycles. The number of sulfonamides is 1. The minimum Gasteiger partial charge on any atom is -0.396 e. The van der Waals surface area contributed by atoms with E-state index < -0.39 is 10.0 Å². The van der Waals surface area contributed by atoms with E-state index >= 15 is 0 Å². The number of rotatable bonds is 8. The molecule has 1 aromatic heterocycles. The second-order valence-electron chi connectivity index (χ2n) is 5.56. The first-order valence-corrected chi connectivity index (χ1v) is 9.37. The maximum Gasteiger partial charge on any atom is 0.246 e. The number of aromatic nitrogens is 2. The number of hydrogen-bond donors (Lipinski definition) is 1. The van der Waals surface area contributed by atoms with E-state index in [1.807, 2.05) is 6.92 Å². The predicted octanol–water partition coefficient (Wildman–Crippen LogP) is 0.372. The minimum atomic E-state index is -3.41. The van der Waals surface area contributed by atoms with Gasteiger partial charge in [0.2, 0.25) is 10.0 Å². The lowest BCUT2D eigenvalue weighted by molar-refractivity contribution is 0.183. The van der Waals surface area contributed by atoms with Gasteiger partial charge in [-0.3, -0.25) is 4.68 Å². The molecule has 126 valence electrons. The molecule has 2 heterocycles. The van der Waals surface area contributed by atoms with Crippen LogP contribution in [0.1, 0.15) is 26.2 Å². The van der Waals surface area contributed by atoms with Gasteiger partial charge in [0, 0.05) is 45.5 Å². The van der Waals surface area contributed by atoms with Gasteiger partial charge in [0.05, 0.1) is 6.20 Å². The lowest BCUT2D eigenvalue weighted by atomic mass is 10.2. The highest BCUT2D eigenvalue weighted by molar-refractivity contribution is 7.89. The van der Waals surface area contributed by atoms with Crippen LogP contribution < -0.4 is 0 Å². The second kappa shape index (κ2) is 8.05. The smallest absolute Gasteiger partial charge is 0.246 e. The Morgan fingerprint density at radius 2 is 1.91 bits per heavy atom. The highest BCUT2D eigenvalue weighted by atomic mass is 32.2. The summed E-state index contributed by atoms with van der Waals surface area (Å²) in [6, 6.07) is 0. The van der Waals surface area contributed by atoms with Crippen LogP contribution in [-0.4, -0.2) is 71.8 Å². The van der Waals surface area contributed by atoms with Crippen LogP contribution in [0.3, 0.4) is 0 Å². The van der Waals surface area contributed by atoms with Crippen LogP contribution >= 0.6 is 0 Å². The first kappa shape index (κ1) is 17.4. The fourth-order valence-electron chi connectivity index (χ4n) is 2.62. The third-order valence-electron chi connectivity index (χ3n) is 4.04. The normalized spacial score (nSPS) is 17.9. The Hall–Kier alpha value is -0.960. The predicted molar refractivity (Wildman–Crippen MR) is 84.0 cm³/mol. The Balaban J connectivity index is 1.85. The van der Waals surface area contributed by atoms with Crippen LogP contribution in [0.4, 0.5) is 0 Å². The van der Waals surface area contributed by atoms with Gasteiger partial charge < -0.3 is 10.0 Å². The number of nitrogens with zero attached hydrogens (tertiary/aromatic N) is 4. The molecule has 2 rings (SSSR count). The fourth-order valence-corrected chi connectivity index (χ4v) is 3.99. The van der Waals surface area contributed by atoms with Gasteiger partial charge in [0.15, 0.2) is 0 Å². The molecule has 0 bridgehead atoms. The van der Waals surface area contributed by atoms with Crippen molar-refractivity contribution in [2.75, 3.05) is 39.3 Å². The van der Waals surface area contributed by atoms with Crippen molar-refractivity contribution in [3.8, 4) is 0 Å². The number of aryl methyl sites for hydroxylation is 1. The van der Waals surface area contributed by atoms with E-state index in [2.05, 4.69) is 10.00 Å². The highest BCUT2D eigenvalue weighted by Gasteiger charge is 2.29. The van der Waals surface area contributed by atoms with Crippen molar-refractivity contribution in [3.05, 3.63) is 12.4 Å². The number of unbranched alkanes of at least 4 members (excludes halogenated alkanes) is 2. The summed E-state index contributed by atoms with van der Waals surface area (Å²) in [5.41, 5.74) is 0. The lowest BCUT2D eigenvalue weighted by Gasteiger charge is -2.33. The van der Waals surface area contributed by atoms with Crippen molar-refractivity contribution in [3.63, 3.8) is 0 Å². The van der Waals surface area contributed by atoms with E-state index in [-0.39, 0.29) is 11.5 Å². The van der Waals surface area contributed by atoms with E-state index in [0.29, 0.717) is 19.6 Å². The third-order valence-corrected chi connectivity index (χ3v) is 5.89. The quantitative estimate of drug-likeness (QED) is 0.697. The van der Waals surface area contributed by atoms with Crippen LogP contribution in [0.5, 0.6) is 0 Å². The van der Waals surface area contributed by atoms with Crippen molar-refractivity contribution in [1.82, 2.24) is 19.0 Å². The van der Waals surface area contributed by atoms with Crippen LogP contribution in [0.2, 0.25) is 0 Å². The Morgan fingerprint density at radius 1 is 1.18 bits per heavy atom. The largest absolute Gasteiger partial charge is 0.396 e. The summed E-state index contributed by atoms with van der Waals surface area (Å²) in [7, 11) is -3.41. The summed E-state index contributed by atoms with van der Waals surface area (Å²) in [6.45, 7) is 6.40. The molecule has 0 atom stereocenters. The molecule has 1 aromatic rings.